The third kappa shape index (κ3) is 3.82. The first kappa shape index (κ1) is 18.9. The number of aryl methyl sites for hydroxylation is 1. The van der Waals surface area contributed by atoms with Crippen LogP contribution in [0.1, 0.15) is 49.2 Å². The lowest BCUT2D eigenvalue weighted by molar-refractivity contribution is -0.129. The van der Waals surface area contributed by atoms with Crippen LogP contribution in [0.5, 0.6) is 5.75 Å². The van der Waals surface area contributed by atoms with Crippen LogP contribution in [-0.4, -0.2) is 34.1 Å². The number of anilines is 1. The van der Waals surface area contributed by atoms with Gasteiger partial charge in [-0.05, 0) is 45.7 Å². The predicted octanol–water partition coefficient (Wildman–Crippen LogP) is 2.90. The van der Waals surface area contributed by atoms with Crippen LogP contribution in [0.3, 0.4) is 0 Å². The minimum atomic E-state index is -1.12. The zero-order valence-electron chi connectivity index (χ0n) is 15.8. The van der Waals surface area contributed by atoms with Gasteiger partial charge in [-0.2, -0.15) is 0 Å². The Bertz CT molecular complexity index is 904. The van der Waals surface area contributed by atoms with Crippen molar-refractivity contribution in [3.05, 3.63) is 29.5 Å². The number of fused-ring (bicyclic) bond motifs is 1. The number of nitrogens with zero attached hydrogens (tertiary/aromatic N) is 1. The van der Waals surface area contributed by atoms with Crippen molar-refractivity contribution >= 4 is 28.5 Å². The highest BCUT2D eigenvalue weighted by Crippen LogP contribution is 2.34. The highest BCUT2D eigenvalue weighted by Gasteiger charge is 2.30. The van der Waals surface area contributed by atoms with Crippen LogP contribution < -0.4 is 15.8 Å². The molecule has 1 heterocycles. The molecule has 0 unspecified atom stereocenters. The Morgan fingerprint density at radius 1 is 1.37 bits per heavy atom. The van der Waals surface area contributed by atoms with Crippen LogP contribution in [0.2, 0.25) is 0 Å². The number of hydrogen-bond donors (Lipinski definition) is 3. The van der Waals surface area contributed by atoms with Crippen LogP contribution in [0, 0.1) is 12.8 Å². The number of carboxylic acid groups (broad SMARTS) is 1. The number of carbonyl (C=O) groups excluding carboxylic acids is 1. The number of carboxylic acids is 1. The Morgan fingerprint density at radius 2 is 2.07 bits per heavy atom. The minimum absolute atomic E-state index is 0.0175. The Balaban J connectivity index is 1.85. The lowest BCUT2D eigenvalue weighted by atomic mass is 9.84. The van der Waals surface area contributed by atoms with Crippen LogP contribution in [0.4, 0.5) is 5.69 Å². The van der Waals surface area contributed by atoms with E-state index in [2.05, 4.69) is 10.3 Å². The molecule has 1 aliphatic carbocycles. The van der Waals surface area contributed by atoms with Crippen LogP contribution in [-0.2, 0) is 4.79 Å². The largest absolute Gasteiger partial charge is 0.490 e. The average Bonchev–Trinajstić information content (AvgIpc) is 2.49. The number of nitrogen functional groups attached to an aromatic ring is 1. The van der Waals surface area contributed by atoms with Crippen molar-refractivity contribution in [3.63, 3.8) is 0 Å². The highest BCUT2D eigenvalue weighted by molar-refractivity contribution is 6.06. The molecule has 7 heteroatoms. The van der Waals surface area contributed by atoms with Gasteiger partial charge in [-0.3, -0.25) is 9.78 Å². The van der Waals surface area contributed by atoms with Gasteiger partial charge >= 0.3 is 5.97 Å². The fourth-order valence-electron chi connectivity index (χ4n) is 3.23. The van der Waals surface area contributed by atoms with Gasteiger partial charge in [0.15, 0.2) is 0 Å². The molecule has 1 saturated carbocycles. The van der Waals surface area contributed by atoms with Gasteiger partial charge in [0.25, 0.3) is 0 Å². The summed E-state index contributed by atoms with van der Waals surface area (Å²) in [6.45, 7) is 5.62. The quantitative estimate of drug-likeness (QED) is 0.719. The molecule has 0 aliphatic heterocycles. The maximum Gasteiger partial charge on any atom is 0.339 e. The second-order valence-corrected chi connectivity index (χ2v) is 7.73. The van der Waals surface area contributed by atoms with Gasteiger partial charge in [0, 0.05) is 5.92 Å². The topological polar surface area (TPSA) is 115 Å². The summed E-state index contributed by atoms with van der Waals surface area (Å²) in [5, 5.41) is 12.9. The number of nitrogens with two attached hydrogens (primary N) is 1. The third-order valence-electron chi connectivity index (χ3n) is 4.93. The first-order valence-corrected chi connectivity index (χ1v) is 9.06. The van der Waals surface area contributed by atoms with E-state index in [9.17, 15) is 14.7 Å². The standard InChI is InChI=1S/C20H25N3O4/c1-11-15(19(25)26)17(21)16-13(22-11)8-5-9-14(16)27-10-20(2,3)23-18(24)12-6-4-7-12/h5,8-9,12H,4,6-7,10H2,1-3H3,(H2,21,22)(H,23,24)(H,25,26). The summed E-state index contributed by atoms with van der Waals surface area (Å²) in [5.74, 6) is -0.520. The lowest BCUT2D eigenvalue weighted by Gasteiger charge is -2.31. The summed E-state index contributed by atoms with van der Waals surface area (Å²) in [5.41, 5.74) is 6.61. The molecular formula is C20H25N3O4. The van der Waals surface area contributed by atoms with Crippen LogP contribution >= 0.6 is 0 Å². The van der Waals surface area contributed by atoms with E-state index in [1.165, 1.54) is 0 Å². The smallest absolute Gasteiger partial charge is 0.339 e. The molecule has 1 aromatic carbocycles. The number of pyridine rings is 1. The average molecular weight is 371 g/mol. The van der Waals surface area contributed by atoms with Crippen LogP contribution in [0.15, 0.2) is 18.2 Å². The molecule has 1 aromatic heterocycles. The molecule has 0 bridgehead atoms. The molecule has 0 radical (unpaired) electrons. The highest BCUT2D eigenvalue weighted by atomic mass is 16.5. The maximum atomic E-state index is 12.2. The maximum absolute atomic E-state index is 12.2. The van der Waals surface area contributed by atoms with Gasteiger partial charge in [0.2, 0.25) is 5.91 Å². The number of amides is 1. The number of hydrogen-bond acceptors (Lipinski definition) is 5. The Morgan fingerprint density at radius 3 is 2.67 bits per heavy atom. The van der Waals surface area contributed by atoms with Crippen molar-refractivity contribution < 1.29 is 19.4 Å². The van der Waals surface area contributed by atoms with E-state index in [4.69, 9.17) is 10.5 Å². The van der Waals surface area contributed by atoms with E-state index in [-0.39, 0.29) is 29.7 Å². The van der Waals surface area contributed by atoms with Crippen molar-refractivity contribution in [1.29, 1.82) is 0 Å². The van der Waals surface area contributed by atoms with Crippen molar-refractivity contribution in [2.45, 2.75) is 45.6 Å². The van der Waals surface area contributed by atoms with Crippen molar-refractivity contribution in [2.75, 3.05) is 12.3 Å². The molecule has 7 nitrogen and oxygen atoms in total. The van der Waals surface area contributed by atoms with Crippen molar-refractivity contribution in [1.82, 2.24) is 10.3 Å². The molecule has 0 spiro atoms. The number of nitrogens with one attached hydrogen (secondary N) is 1. The predicted molar refractivity (Wildman–Crippen MR) is 103 cm³/mol. The van der Waals surface area contributed by atoms with Crippen molar-refractivity contribution in [3.8, 4) is 5.75 Å². The van der Waals surface area contributed by atoms with Gasteiger partial charge in [-0.25, -0.2) is 4.79 Å². The SMILES string of the molecule is Cc1nc2cccc(OCC(C)(C)NC(=O)C3CCC3)c2c(N)c1C(=O)O. The summed E-state index contributed by atoms with van der Waals surface area (Å²) in [4.78, 5) is 28.1. The second-order valence-electron chi connectivity index (χ2n) is 7.73. The summed E-state index contributed by atoms with van der Waals surface area (Å²) in [6.07, 6.45) is 2.97. The molecule has 0 atom stereocenters. The third-order valence-corrected chi connectivity index (χ3v) is 4.93. The first-order chi connectivity index (χ1) is 12.7. The normalized spacial score (nSPS) is 14.6. The Hall–Kier alpha value is -2.83. The van der Waals surface area contributed by atoms with E-state index in [1.807, 2.05) is 13.8 Å². The van der Waals surface area contributed by atoms with Gasteiger partial charge < -0.3 is 20.9 Å². The van der Waals surface area contributed by atoms with Gasteiger partial charge in [-0.15, -0.1) is 0 Å². The second kappa shape index (κ2) is 7.06. The number of ether oxygens (including phenoxy) is 1. The van der Waals surface area contributed by atoms with E-state index in [0.717, 1.165) is 19.3 Å². The van der Waals surface area contributed by atoms with E-state index in [0.29, 0.717) is 22.3 Å². The van der Waals surface area contributed by atoms with Crippen LogP contribution in [0.25, 0.3) is 10.9 Å². The van der Waals surface area contributed by atoms with E-state index < -0.39 is 11.5 Å². The zero-order chi connectivity index (χ0) is 19.8. The Labute approximate surface area is 157 Å². The fourth-order valence-corrected chi connectivity index (χ4v) is 3.23. The zero-order valence-corrected chi connectivity index (χ0v) is 15.8. The number of carbonyl (C=O) groups is 2. The number of rotatable bonds is 6. The monoisotopic (exact) mass is 371 g/mol. The molecule has 4 N–H and O–H groups in total. The molecule has 0 saturated heterocycles. The van der Waals surface area contributed by atoms with E-state index >= 15 is 0 Å². The minimum Gasteiger partial charge on any atom is -0.490 e. The summed E-state index contributed by atoms with van der Waals surface area (Å²) < 4.78 is 5.94. The van der Waals surface area contributed by atoms with Gasteiger partial charge in [0.05, 0.1) is 27.8 Å². The molecule has 2 aromatic rings. The summed E-state index contributed by atoms with van der Waals surface area (Å²) in [7, 11) is 0. The molecular weight excluding hydrogens is 346 g/mol. The molecule has 1 fully saturated rings. The first-order valence-electron chi connectivity index (χ1n) is 9.06. The summed E-state index contributed by atoms with van der Waals surface area (Å²) >= 11 is 0. The summed E-state index contributed by atoms with van der Waals surface area (Å²) in [6, 6.07) is 5.27. The molecule has 144 valence electrons. The lowest BCUT2D eigenvalue weighted by Crippen LogP contribution is -2.50. The molecule has 1 amide bonds. The van der Waals surface area contributed by atoms with E-state index in [1.54, 1.807) is 25.1 Å². The van der Waals surface area contributed by atoms with Gasteiger partial charge in [0.1, 0.15) is 17.9 Å². The molecule has 3 rings (SSSR count). The molecule has 1 aliphatic rings. The molecule has 27 heavy (non-hydrogen) atoms. The fraction of sp³-hybridized carbons (Fsp3) is 0.450. The number of aromatic nitrogens is 1. The number of aromatic carboxylic acids is 1. The van der Waals surface area contributed by atoms with Crippen molar-refractivity contribution in [2.24, 2.45) is 5.92 Å². The Kier molecular flexibility index (Phi) is 4.95. The number of benzene rings is 1. The van der Waals surface area contributed by atoms with Gasteiger partial charge in [-0.1, -0.05) is 12.5 Å².